The minimum Gasteiger partial charge on any atom is -0.381 e. The third-order valence-corrected chi connectivity index (χ3v) is 2.44. The molecular formula is C7H13NO. The maximum atomic E-state index is 5.34. The highest BCUT2D eigenvalue weighted by molar-refractivity contribution is 4.82. The van der Waals surface area contributed by atoms with Crippen LogP contribution >= 0.6 is 0 Å². The van der Waals surface area contributed by atoms with Crippen LogP contribution in [0.15, 0.2) is 0 Å². The first-order chi connectivity index (χ1) is 4.47. The predicted octanol–water partition coefficient (Wildman–Crippen LogP) is 0.242. The van der Waals surface area contributed by atoms with E-state index in [0.29, 0.717) is 0 Å². The fraction of sp³-hybridized carbons (Fsp3) is 1.00. The van der Waals surface area contributed by atoms with Gasteiger partial charge in [0.2, 0.25) is 0 Å². The van der Waals surface area contributed by atoms with E-state index in [4.69, 9.17) is 4.74 Å². The first kappa shape index (κ1) is 5.69. The number of hydrogen-bond acceptors (Lipinski definition) is 2. The lowest BCUT2D eigenvalue weighted by atomic mass is 9.92. The second-order valence-electron chi connectivity index (χ2n) is 3.04. The molecule has 52 valence electrons. The van der Waals surface area contributed by atoms with Crippen LogP contribution in [-0.2, 0) is 4.74 Å². The van der Waals surface area contributed by atoms with Crippen molar-refractivity contribution in [1.29, 1.82) is 0 Å². The van der Waals surface area contributed by atoms with Gasteiger partial charge < -0.3 is 10.1 Å². The lowest BCUT2D eigenvalue weighted by Crippen LogP contribution is -2.25. The largest absolute Gasteiger partial charge is 0.381 e. The van der Waals surface area contributed by atoms with E-state index >= 15 is 0 Å². The van der Waals surface area contributed by atoms with E-state index in [1.54, 1.807) is 0 Å². The topological polar surface area (TPSA) is 21.3 Å². The maximum absolute atomic E-state index is 5.34. The van der Waals surface area contributed by atoms with Crippen LogP contribution in [0.1, 0.15) is 6.42 Å². The Balaban J connectivity index is 1.97. The summed E-state index contributed by atoms with van der Waals surface area (Å²) in [5.74, 6) is 1.76. The molecule has 2 saturated heterocycles. The van der Waals surface area contributed by atoms with Gasteiger partial charge in [0.25, 0.3) is 0 Å². The van der Waals surface area contributed by atoms with Crippen LogP contribution in [0.4, 0.5) is 0 Å². The highest BCUT2D eigenvalue weighted by atomic mass is 16.5. The molecule has 0 amide bonds. The molecular weight excluding hydrogens is 114 g/mol. The zero-order chi connectivity index (χ0) is 6.10. The zero-order valence-electron chi connectivity index (χ0n) is 5.60. The Bertz CT molecular complexity index is 93.1. The predicted molar refractivity (Wildman–Crippen MR) is 35.3 cm³/mol. The molecule has 0 aromatic carbocycles. The van der Waals surface area contributed by atoms with Crippen LogP contribution in [0.2, 0.25) is 0 Å². The molecule has 0 aromatic heterocycles. The number of fused-ring (bicyclic) bond motifs is 1. The fourth-order valence-electron chi connectivity index (χ4n) is 1.79. The quantitative estimate of drug-likeness (QED) is 0.503. The van der Waals surface area contributed by atoms with Crippen molar-refractivity contribution < 1.29 is 4.74 Å². The van der Waals surface area contributed by atoms with Gasteiger partial charge in [0, 0.05) is 13.2 Å². The Kier molecular flexibility index (Phi) is 1.44. The summed E-state index contributed by atoms with van der Waals surface area (Å²) in [5.41, 5.74) is 0. The highest BCUT2D eigenvalue weighted by Gasteiger charge is 2.29. The molecule has 2 heterocycles. The summed E-state index contributed by atoms with van der Waals surface area (Å²) in [5, 5.41) is 3.38. The monoisotopic (exact) mass is 127 g/mol. The first-order valence-electron chi connectivity index (χ1n) is 3.75. The van der Waals surface area contributed by atoms with E-state index in [9.17, 15) is 0 Å². The molecule has 0 aromatic rings. The van der Waals surface area contributed by atoms with Crippen LogP contribution in [-0.4, -0.2) is 26.3 Å². The zero-order valence-corrected chi connectivity index (χ0v) is 5.60. The summed E-state index contributed by atoms with van der Waals surface area (Å²) in [6.45, 7) is 4.40. The molecule has 2 nitrogen and oxygen atoms in total. The van der Waals surface area contributed by atoms with Gasteiger partial charge in [-0.1, -0.05) is 0 Å². The maximum Gasteiger partial charge on any atom is 0.0509 e. The van der Waals surface area contributed by atoms with Gasteiger partial charge in [-0.05, 0) is 24.8 Å². The third-order valence-electron chi connectivity index (χ3n) is 2.44. The Morgan fingerprint density at radius 1 is 1.22 bits per heavy atom. The summed E-state index contributed by atoms with van der Waals surface area (Å²) >= 11 is 0. The van der Waals surface area contributed by atoms with Gasteiger partial charge in [-0.3, -0.25) is 0 Å². The van der Waals surface area contributed by atoms with E-state index in [0.717, 1.165) is 25.0 Å². The second kappa shape index (κ2) is 2.27. The smallest absolute Gasteiger partial charge is 0.0509 e. The summed E-state index contributed by atoms with van der Waals surface area (Å²) in [6.07, 6.45) is 1.28. The van der Waals surface area contributed by atoms with Gasteiger partial charge in [-0.2, -0.15) is 0 Å². The second-order valence-corrected chi connectivity index (χ2v) is 3.04. The average Bonchev–Trinajstić information content (AvgIpc) is 2.33. The van der Waals surface area contributed by atoms with Crippen molar-refractivity contribution in [3.63, 3.8) is 0 Å². The Hall–Kier alpha value is -0.0800. The Morgan fingerprint density at radius 2 is 2.11 bits per heavy atom. The average molecular weight is 127 g/mol. The van der Waals surface area contributed by atoms with Crippen molar-refractivity contribution >= 4 is 0 Å². The van der Waals surface area contributed by atoms with Crippen LogP contribution in [0.5, 0.6) is 0 Å². The minimum atomic E-state index is 0.832. The van der Waals surface area contributed by atoms with Crippen molar-refractivity contribution in [2.45, 2.75) is 6.42 Å². The first-order valence-corrected chi connectivity index (χ1v) is 3.75. The molecule has 0 aliphatic carbocycles. The fourth-order valence-corrected chi connectivity index (χ4v) is 1.79. The molecule has 2 atom stereocenters. The molecule has 2 aliphatic rings. The summed E-state index contributed by atoms with van der Waals surface area (Å²) in [6, 6.07) is 0. The Labute approximate surface area is 55.6 Å². The molecule has 2 aliphatic heterocycles. The van der Waals surface area contributed by atoms with E-state index in [1.807, 2.05) is 0 Å². The summed E-state index contributed by atoms with van der Waals surface area (Å²) < 4.78 is 5.34. The van der Waals surface area contributed by atoms with Crippen LogP contribution in [0.3, 0.4) is 0 Å². The van der Waals surface area contributed by atoms with Gasteiger partial charge in [0.1, 0.15) is 0 Å². The lowest BCUT2D eigenvalue weighted by Gasteiger charge is -2.23. The van der Waals surface area contributed by atoms with Crippen molar-refractivity contribution in [2.75, 3.05) is 26.3 Å². The summed E-state index contributed by atoms with van der Waals surface area (Å²) in [4.78, 5) is 0. The van der Waals surface area contributed by atoms with E-state index in [2.05, 4.69) is 5.32 Å². The molecule has 0 spiro atoms. The van der Waals surface area contributed by atoms with Crippen LogP contribution < -0.4 is 5.32 Å². The van der Waals surface area contributed by atoms with Gasteiger partial charge in [0.05, 0.1) is 6.61 Å². The molecule has 2 heteroatoms. The van der Waals surface area contributed by atoms with E-state index in [-0.39, 0.29) is 0 Å². The molecule has 2 rings (SSSR count). The number of rotatable bonds is 0. The van der Waals surface area contributed by atoms with Gasteiger partial charge in [0.15, 0.2) is 0 Å². The molecule has 0 bridgehead atoms. The Morgan fingerprint density at radius 3 is 3.00 bits per heavy atom. The molecule has 0 radical (unpaired) electrons. The lowest BCUT2D eigenvalue weighted by molar-refractivity contribution is 0.0372. The van der Waals surface area contributed by atoms with Crippen molar-refractivity contribution in [2.24, 2.45) is 11.8 Å². The van der Waals surface area contributed by atoms with Gasteiger partial charge in [-0.15, -0.1) is 0 Å². The number of nitrogens with one attached hydrogen (secondary N) is 1. The number of ether oxygens (including phenoxy) is 1. The molecule has 2 fully saturated rings. The molecule has 0 unspecified atom stereocenters. The normalized spacial score (nSPS) is 42.7. The summed E-state index contributed by atoms with van der Waals surface area (Å²) in [7, 11) is 0. The van der Waals surface area contributed by atoms with Gasteiger partial charge >= 0.3 is 0 Å². The van der Waals surface area contributed by atoms with E-state index < -0.39 is 0 Å². The molecule has 1 N–H and O–H groups in total. The van der Waals surface area contributed by atoms with E-state index in [1.165, 1.54) is 19.5 Å². The molecule has 9 heavy (non-hydrogen) atoms. The van der Waals surface area contributed by atoms with Crippen molar-refractivity contribution in [3.05, 3.63) is 0 Å². The van der Waals surface area contributed by atoms with Crippen LogP contribution in [0.25, 0.3) is 0 Å². The van der Waals surface area contributed by atoms with Crippen molar-refractivity contribution in [3.8, 4) is 0 Å². The molecule has 0 saturated carbocycles. The van der Waals surface area contributed by atoms with Crippen molar-refractivity contribution in [1.82, 2.24) is 5.32 Å². The third kappa shape index (κ3) is 0.970. The standard InChI is InChI=1S/C7H13NO/c1-2-9-5-7-4-8-3-6(1)7/h6-8H,1-5H2/t6-,7-/m1/s1. The minimum absolute atomic E-state index is 0.832. The SMILES string of the molecule is C1C[C@@H]2CNC[C@@H]2CO1. The highest BCUT2D eigenvalue weighted by Crippen LogP contribution is 2.24. The van der Waals surface area contributed by atoms with Gasteiger partial charge in [-0.25, -0.2) is 0 Å². The van der Waals surface area contributed by atoms with Crippen LogP contribution in [0, 0.1) is 11.8 Å². The number of hydrogen-bond donors (Lipinski definition) is 1.